The van der Waals surface area contributed by atoms with Gasteiger partial charge in [0.25, 0.3) is 0 Å². The molecule has 1 aliphatic rings. The van der Waals surface area contributed by atoms with Crippen molar-refractivity contribution in [1.82, 2.24) is 0 Å². The number of para-hydroxylation sites is 1. The molecule has 5 heteroatoms. The molecule has 0 saturated carbocycles. The molecule has 15 heavy (non-hydrogen) atoms. The van der Waals surface area contributed by atoms with Crippen molar-refractivity contribution in [3.8, 4) is 0 Å². The van der Waals surface area contributed by atoms with Gasteiger partial charge < -0.3 is 17.0 Å². The summed E-state index contributed by atoms with van der Waals surface area (Å²) in [6.07, 6.45) is 0. The van der Waals surface area contributed by atoms with Crippen LogP contribution in [0.4, 0.5) is 5.69 Å². The van der Waals surface area contributed by atoms with Crippen LogP contribution in [0.3, 0.4) is 0 Å². The molecule has 1 aromatic rings. The first kappa shape index (κ1) is 13.1. The normalized spacial score (nSPS) is 19.3. The topological polar surface area (TPSA) is 26.0 Å². The van der Waals surface area contributed by atoms with E-state index >= 15 is 0 Å². The Labute approximate surface area is 113 Å². The number of rotatable bonds is 2. The summed E-state index contributed by atoms with van der Waals surface area (Å²) >= 11 is 5.34. The van der Waals surface area contributed by atoms with E-state index in [4.69, 9.17) is 0 Å². The molecule has 0 spiro atoms. The van der Waals surface area contributed by atoms with Crippen LogP contribution in [0, 0.1) is 0 Å². The summed E-state index contributed by atoms with van der Waals surface area (Å²) in [6, 6.07) is 10.2. The van der Waals surface area contributed by atoms with Gasteiger partial charge in [-0.2, -0.15) is 0 Å². The highest BCUT2D eigenvalue weighted by molar-refractivity contribution is 9.09. The van der Waals surface area contributed by atoms with Gasteiger partial charge in [0.15, 0.2) is 0 Å². The SMILES string of the molecule is BrCC1C[NH+]=C(Nc2ccccc2)S1.[Br-]. The van der Waals surface area contributed by atoms with E-state index in [-0.39, 0.29) is 17.0 Å². The van der Waals surface area contributed by atoms with Gasteiger partial charge in [0.1, 0.15) is 5.69 Å². The molecule has 0 radical (unpaired) electrons. The minimum atomic E-state index is 0. The van der Waals surface area contributed by atoms with Crippen LogP contribution < -0.4 is 27.3 Å². The largest absolute Gasteiger partial charge is 1.00 e. The van der Waals surface area contributed by atoms with Crippen molar-refractivity contribution >= 4 is 38.5 Å². The number of amidine groups is 1. The van der Waals surface area contributed by atoms with Crippen molar-refractivity contribution in [1.29, 1.82) is 0 Å². The molecule has 2 rings (SSSR count). The predicted molar refractivity (Wildman–Crippen MR) is 66.1 cm³/mol. The summed E-state index contributed by atoms with van der Waals surface area (Å²) in [4.78, 5) is 3.34. The Hall–Kier alpha value is -0.000000000000000111. The lowest BCUT2D eigenvalue weighted by Gasteiger charge is -1.99. The fourth-order valence-electron chi connectivity index (χ4n) is 1.27. The first-order chi connectivity index (χ1) is 6.88. The maximum absolute atomic E-state index is 3.49. The Kier molecular flexibility index (Phi) is 5.71. The third kappa shape index (κ3) is 3.81. The average Bonchev–Trinajstić information content (AvgIpc) is 2.67. The van der Waals surface area contributed by atoms with Gasteiger partial charge in [-0.3, -0.25) is 4.99 Å². The summed E-state index contributed by atoms with van der Waals surface area (Å²) in [5, 5.41) is 6.18. The quantitative estimate of drug-likeness (QED) is 0.606. The summed E-state index contributed by atoms with van der Waals surface area (Å²) in [7, 11) is 0. The number of alkyl halides is 1. The van der Waals surface area contributed by atoms with Crippen molar-refractivity contribution in [2.75, 3.05) is 17.2 Å². The zero-order valence-electron chi connectivity index (χ0n) is 8.04. The van der Waals surface area contributed by atoms with Crippen molar-refractivity contribution in [3.05, 3.63) is 30.3 Å². The van der Waals surface area contributed by atoms with Crippen LogP contribution in [0.15, 0.2) is 30.3 Å². The maximum atomic E-state index is 3.49. The van der Waals surface area contributed by atoms with Gasteiger partial charge in [-0.15, -0.1) is 0 Å². The highest BCUT2D eigenvalue weighted by Gasteiger charge is 2.23. The van der Waals surface area contributed by atoms with Crippen LogP contribution in [-0.4, -0.2) is 22.3 Å². The molecule has 0 bridgehead atoms. The number of anilines is 1. The van der Waals surface area contributed by atoms with Gasteiger partial charge in [-0.25, -0.2) is 5.32 Å². The van der Waals surface area contributed by atoms with Crippen LogP contribution in [0.2, 0.25) is 0 Å². The van der Waals surface area contributed by atoms with Gasteiger partial charge in [-0.1, -0.05) is 34.1 Å². The van der Waals surface area contributed by atoms with Crippen molar-refractivity contribution in [2.45, 2.75) is 5.25 Å². The zero-order valence-corrected chi connectivity index (χ0v) is 12.0. The van der Waals surface area contributed by atoms with Crippen LogP contribution in [0.25, 0.3) is 0 Å². The van der Waals surface area contributed by atoms with E-state index in [0.29, 0.717) is 5.25 Å². The first-order valence-corrected chi connectivity index (χ1v) is 6.54. The second kappa shape index (κ2) is 6.55. The summed E-state index contributed by atoms with van der Waals surface area (Å²) in [5.74, 6) is 0. The van der Waals surface area contributed by atoms with Gasteiger partial charge >= 0.3 is 5.17 Å². The Bertz CT molecular complexity index is 329. The van der Waals surface area contributed by atoms with Gasteiger partial charge in [0.2, 0.25) is 0 Å². The fourth-order valence-corrected chi connectivity index (χ4v) is 2.80. The predicted octanol–water partition coefficient (Wildman–Crippen LogP) is -1.95. The maximum Gasteiger partial charge on any atom is 0.309 e. The third-order valence-corrected chi connectivity index (χ3v) is 4.34. The average molecular weight is 352 g/mol. The Morgan fingerprint density at radius 3 is 2.73 bits per heavy atom. The smallest absolute Gasteiger partial charge is 0.309 e. The zero-order chi connectivity index (χ0) is 9.80. The van der Waals surface area contributed by atoms with Crippen LogP contribution in [0.1, 0.15) is 0 Å². The second-order valence-corrected chi connectivity index (χ2v) is 5.05. The number of hydrogen-bond donors (Lipinski definition) is 2. The Morgan fingerprint density at radius 1 is 1.40 bits per heavy atom. The highest BCUT2D eigenvalue weighted by atomic mass is 79.9. The minimum absolute atomic E-state index is 0. The molecule has 1 atom stereocenters. The van der Waals surface area contributed by atoms with Crippen molar-refractivity contribution in [3.63, 3.8) is 0 Å². The molecule has 0 fully saturated rings. The molecule has 82 valence electrons. The number of nitrogens with one attached hydrogen (secondary N) is 2. The van der Waals surface area contributed by atoms with E-state index in [1.54, 1.807) is 0 Å². The summed E-state index contributed by atoms with van der Waals surface area (Å²) in [6.45, 7) is 1.03. The van der Waals surface area contributed by atoms with E-state index in [1.807, 2.05) is 30.0 Å². The number of thioether (sulfide) groups is 1. The van der Waals surface area contributed by atoms with Crippen molar-refractivity contribution in [2.24, 2.45) is 0 Å². The minimum Gasteiger partial charge on any atom is -1.00 e. The molecule has 0 aromatic heterocycles. The van der Waals surface area contributed by atoms with E-state index in [2.05, 4.69) is 38.4 Å². The molecule has 1 aromatic carbocycles. The van der Waals surface area contributed by atoms with Gasteiger partial charge in [0, 0.05) is 5.33 Å². The van der Waals surface area contributed by atoms with Crippen LogP contribution in [0.5, 0.6) is 0 Å². The summed E-state index contributed by atoms with van der Waals surface area (Å²) in [5.41, 5.74) is 1.14. The monoisotopic (exact) mass is 350 g/mol. The first-order valence-electron chi connectivity index (χ1n) is 4.54. The highest BCUT2D eigenvalue weighted by Crippen LogP contribution is 2.16. The molecule has 2 nitrogen and oxygen atoms in total. The Balaban J connectivity index is 0.00000112. The molecule has 0 amide bonds. The summed E-state index contributed by atoms with van der Waals surface area (Å²) < 4.78 is 0. The molecular weight excluding hydrogens is 340 g/mol. The molecule has 1 heterocycles. The van der Waals surface area contributed by atoms with E-state index in [1.165, 1.54) is 0 Å². The number of benzene rings is 1. The number of halogens is 2. The molecule has 0 aliphatic carbocycles. The lowest BCUT2D eigenvalue weighted by Crippen LogP contribution is -3.00. The lowest BCUT2D eigenvalue weighted by atomic mass is 10.3. The fraction of sp³-hybridized carbons (Fsp3) is 0.300. The van der Waals surface area contributed by atoms with E-state index < -0.39 is 0 Å². The molecule has 1 aliphatic heterocycles. The number of hydrogen-bond acceptors (Lipinski definition) is 2. The third-order valence-electron chi connectivity index (χ3n) is 1.98. The van der Waals surface area contributed by atoms with E-state index in [9.17, 15) is 0 Å². The molecule has 0 saturated heterocycles. The Morgan fingerprint density at radius 2 is 2.13 bits per heavy atom. The standard InChI is InChI=1S/C10H11BrN2S.BrH/c11-6-9-7-12-10(14-9)13-8-4-2-1-3-5-8;/h1-5,9H,6-7H2,(H,12,13);1H. The van der Waals surface area contributed by atoms with Gasteiger partial charge in [-0.05, 0) is 23.9 Å². The van der Waals surface area contributed by atoms with Gasteiger partial charge in [0.05, 0.1) is 11.8 Å². The van der Waals surface area contributed by atoms with E-state index in [0.717, 1.165) is 22.7 Å². The lowest BCUT2D eigenvalue weighted by molar-refractivity contribution is -0.448. The van der Waals surface area contributed by atoms with Crippen LogP contribution >= 0.6 is 27.7 Å². The molecule has 1 unspecified atom stereocenters. The molecular formula is C10H12Br2N2S. The second-order valence-electron chi connectivity index (χ2n) is 3.10. The van der Waals surface area contributed by atoms with Crippen LogP contribution in [-0.2, 0) is 0 Å². The molecule has 2 N–H and O–H groups in total. The van der Waals surface area contributed by atoms with Crippen molar-refractivity contribution < 1.29 is 22.0 Å².